The van der Waals surface area contributed by atoms with Crippen LogP contribution in [0.15, 0.2) is 18.2 Å². The van der Waals surface area contributed by atoms with Gasteiger partial charge in [-0.3, -0.25) is 4.79 Å². The smallest absolute Gasteiger partial charge is 0.338 e. The van der Waals surface area contributed by atoms with Gasteiger partial charge in [0.05, 0.1) is 29.1 Å². The van der Waals surface area contributed by atoms with Crippen LogP contribution in [0.5, 0.6) is 0 Å². The van der Waals surface area contributed by atoms with Crippen LogP contribution < -0.4 is 5.32 Å². The Morgan fingerprint density at radius 3 is 2.81 bits per heavy atom. The zero-order valence-corrected chi connectivity index (χ0v) is 18.0. The van der Waals surface area contributed by atoms with E-state index in [1.165, 1.54) is 22.9 Å². The van der Waals surface area contributed by atoms with Gasteiger partial charge in [0.25, 0.3) is 5.91 Å². The van der Waals surface area contributed by atoms with Gasteiger partial charge < -0.3 is 14.8 Å². The summed E-state index contributed by atoms with van der Waals surface area (Å²) in [6, 6.07) is 4.12. The van der Waals surface area contributed by atoms with E-state index in [4.69, 9.17) is 9.47 Å². The van der Waals surface area contributed by atoms with Crippen molar-refractivity contribution in [1.82, 2.24) is 15.1 Å². The number of halogens is 1. The maximum absolute atomic E-state index is 15.0. The molecule has 166 valence electrons. The fourth-order valence-electron chi connectivity index (χ4n) is 4.39. The van der Waals surface area contributed by atoms with Crippen molar-refractivity contribution in [2.24, 2.45) is 5.41 Å². The molecular weight excluding hydrogens is 401 g/mol. The van der Waals surface area contributed by atoms with Crippen LogP contribution in [0, 0.1) is 11.2 Å². The number of hydrogen-bond acceptors (Lipinski definition) is 5. The molecule has 2 aromatic rings. The van der Waals surface area contributed by atoms with E-state index in [2.05, 4.69) is 10.4 Å². The van der Waals surface area contributed by atoms with Crippen LogP contribution in [-0.4, -0.2) is 48.0 Å². The van der Waals surface area contributed by atoms with Gasteiger partial charge in [-0.2, -0.15) is 5.10 Å². The molecule has 0 saturated carbocycles. The third-order valence-corrected chi connectivity index (χ3v) is 6.18. The third kappa shape index (κ3) is 4.08. The van der Waals surface area contributed by atoms with Crippen molar-refractivity contribution in [3.05, 3.63) is 46.5 Å². The van der Waals surface area contributed by atoms with E-state index in [-0.39, 0.29) is 22.6 Å². The highest BCUT2D eigenvalue weighted by Crippen LogP contribution is 2.38. The van der Waals surface area contributed by atoms with Crippen LogP contribution in [0.1, 0.15) is 65.2 Å². The molecule has 2 aliphatic rings. The van der Waals surface area contributed by atoms with Gasteiger partial charge in [0.2, 0.25) is 0 Å². The van der Waals surface area contributed by atoms with Gasteiger partial charge in [-0.1, -0.05) is 13.8 Å². The van der Waals surface area contributed by atoms with Crippen molar-refractivity contribution < 1.29 is 23.5 Å². The average Bonchev–Trinajstić information content (AvgIpc) is 3.08. The van der Waals surface area contributed by atoms with E-state index in [0.29, 0.717) is 62.6 Å². The van der Waals surface area contributed by atoms with Crippen LogP contribution in [0.2, 0.25) is 0 Å². The number of carbonyl (C=O) groups excluding carboxylic acids is 2. The Bertz CT molecular complexity index is 995. The minimum atomic E-state index is -0.509. The first-order valence-electron chi connectivity index (χ1n) is 10.9. The first kappa shape index (κ1) is 21.5. The summed E-state index contributed by atoms with van der Waals surface area (Å²) in [7, 11) is 0. The summed E-state index contributed by atoms with van der Waals surface area (Å²) in [4.78, 5) is 25.3. The largest absolute Gasteiger partial charge is 0.462 e. The normalized spacial score (nSPS) is 17.7. The fraction of sp³-hybridized carbons (Fsp3) is 0.522. The second-order valence-corrected chi connectivity index (χ2v) is 8.31. The predicted octanol–water partition coefficient (Wildman–Crippen LogP) is 3.22. The van der Waals surface area contributed by atoms with E-state index in [1.54, 1.807) is 0 Å². The quantitative estimate of drug-likeness (QED) is 0.738. The molecule has 7 nitrogen and oxygen atoms in total. The molecule has 1 aromatic heterocycles. The summed E-state index contributed by atoms with van der Waals surface area (Å²) in [6.45, 7) is 5.95. The molecule has 1 saturated heterocycles. The van der Waals surface area contributed by atoms with Crippen molar-refractivity contribution in [2.45, 2.75) is 46.0 Å². The lowest BCUT2D eigenvalue weighted by atomic mass is 9.76. The molecule has 0 atom stereocenters. The molecule has 1 fully saturated rings. The van der Waals surface area contributed by atoms with Gasteiger partial charge in [0.15, 0.2) is 0 Å². The molecule has 4 rings (SSSR count). The third-order valence-electron chi connectivity index (χ3n) is 6.18. The molecule has 0 unspecified atom stereocenters. The van der Waals surface area contributed by atoms with Gasteiger partial charge in [0.1, 0.15) is 11.5 Å². The molecule has 1 N–H and O–H groups in total. The summed E-state index contributed by atoms with van der Waals surface area (Å²) in [5.74, 6) is -1.19. The standard InChI is InChI=1S/C23H28FN3O4/c1-3-9-31-22(29)15-5-6-16(24)18(12-15)27-19-13-23(7-10-30-11-8-23)14-25-21(28)20(19)17(4-2)26-27/h5-6,12H,3-4,7-11,13-14H2,1-2H3,(H,25,28). The lowest BCUT2D eigenvalue weighted by molar-refractivity contribution is 0.0154. The molecule has 8 heteroatoms. The Labute approximate surface area is 180 Å². The number of fused-ring (bicyclic) bond motifs is 1. The number of aryl methyl sites for hydroxylation is 1. The van der Waals surface area contributed by atoms with Crippen LogP contribution in [0.3, 0.4) is 0 Å². The number of rotatable bonds is 5. The summed E-state index contributed by atoms with van der Waals surface area (Å²) in [5.41, 5.74) is 2.08. The van der Waals surface area contributed by atoms with E-state index >= 15 is 0 Å². The van der Waals surface area contributed by atoms with Crippen LogP contribution in [-0.2, 0) is 22.3 Å². The first-order valence-corrected chi connectivity index (χ1v) is 10.9. The highest BCUT2D eigenvalue weighted by molar-refractivity contribution is 5.97. The van der Waals surface area contributed by atoms with Crippen molar-refractivity contribution in [2.75, 3.05) is 26.4 Å². The average molecular weight is 429 g/mol. The molecule has 0 aliphatic carbocycles. The molecule has 0 bridgehead atoms. The molecular formula is C23H28FN3O4. The van der Waals surface area contributed by atoms with Gasteiger partial charge in [0, 0.05) is 19.8 Å². The highest BCUT2D eigenvalue weighted by Gasteiger charge is 2.40. The number of amides is 1. The Morgan fingerprint density at radius 2 is 2.10 bits per heavy atom. The summed E-state index contributed by atoms with van der Waals surface area (Å²) >= 11 is 0. The second kappa shape index (κ2) is 8.78. The minimum absolute atomic E-state index is 0.152. The summed E-state index contributed by atoms with van der Waals surface area (Å²) in [5, 5.41) is 7.66. The monoisotopic (exact) mass is 429 g/mol. The lowest BCUT2D eigenvalue weighted by Gasteiger charge is -2.36. The molecule has 1 amide bonds. The number of carbonyl (C=O) groups is 2. The Hall–Kier alpha value is -2.74. The van der Waals surface area contributed by atoms with Crippen LogP contribution in [0.25, 0.3) is 5.69 Å². The second-order valence-electron chi connectivity index (χ2n) is 8.31. The number of ether oxygens (including phenoxy) is 2. The molecule has 2 aliphatic heterocycles. The Morgan fingerprint density at radius 1 is 1.32 bits per heavy atom. The number of aromatic nitrogens is 2. The molecule has 0 radical (unpaired) electrons. The molecule has 1 spiro atoms. The molecule has 31 heavy (non-hydrogen) atoms. The SMILES string of the molecule is CCCOC(=O)c1ccc(F)c(-n2nc(CC)c3c2CC2(CCOCC2)CNC3=O)c1. The zero-order chi connectivity index (χ0) is 22.0. The number of nitrogens with zero attached hydrogens (tertiary/aromatic N) is 2. The van der Waals surface area contributed by atoms with Crippen molar-refractivity contribution >= 4 is 11.9 Å². The predicted molar refractivity (Wildman–Crippen MR) is 112 cm³/mol. The topological polar surface area (TPSA) is 82.5 Å². The van der Waals surface area contributed by atoms with E-state index < -0.39 is 11.8 Å². The lowest BCUT2D eigenvalue weighted by Crippen LogP contribution is -2.40. The van der Waals surface area contributed by atoms with Gasteiger partial charge in [-0.05, 0) is 55.7 Å². The Kier molecular flexibility index (Phi) is 6.09. The van der Waals surface area contributed by atoms with Crippen LogP contribution >= 0.6 is 0 Å². The van der Waals surface area contributed by atoms with Crippen molar-refractivity contribution in [3.8, 4) is 5.69 Å². The van der Waals surface area contributed by atoms with Crippen molar-refractivity contribution in [1.29, 1.82) is 0 Å². The maximum Gasteiger partial charge on any atom is 0.338 e. The number of hydrogen-bond donors (Lipinski definition) is 1. The van der Waals surface area contributed by atoms with E-state index in [1.807, 2.05) is 13.8 Å². The van der Waals surface area contributed by atoms with Gasteiger partial charge in [-0.25, -0.2) is 13.9 Å². The number of esters is 1. The zero-order valence-electron chi connectivity index (χ0n) is 18.0. The van der Waals surface area contributed by atoms with E-state index in [9.17, 15) is 14.0 Å². The van der Waals surface area contributed by atoms with Gasteiger partial charge >= 0.3 is 5.97 Å². The number of nitrogens with one attached hydrogen (secondary N) is 1. The summed E-state index contributed by atoms with van der Waals surface area (Å²) in [6.07, 6.45) is 3.45. The molecule has 1 aromatic carbocycles. The van der Waals surface area contributed by atoms with E-state index in [0.717, 1.165) is 12.8 Å². The molecule has 3 heterocycles. The Balaban J connectivity index is 1.82. The minimum Gasteiger partial charge on any atom is -0.462 e. The van der Waals surface area contributed by atoms with Crippen molar-refractivity contribution in [3.63, 3.8) is 0 Å². The fourth-order valence-corrected chi connectivity index (χ4v) is 4.39. The highest BCUT2D eigenvalue weighted by atomic mass is 19.1. The first-order chi connectivity index (χ1) is 15.0. The van der Waals surface area contributed by atoms with Gasteiger partial charge in [-0.15, -0.1) is 0 Å². The summed E-state index contributed by atoms with van der Waals surface area (Å²) < 4.78 is 27.2. The maximum atomic E-state index is 15.0. The van der Waals surface area contributed by atoms with Crippen LogP contribution in [0.4, 0.5) is 4.39 Å². The number of benzene rings is 1.